The van der Waals surface area contributed by atoms with Crippen molar-refractivity contribution in [3.05, 3.63) is 12.3 Å². The maximum absolute atomic E-state index is 12.6. The Morgan fingerprint density at radius 1 is 1.44 bits per heavy atom. The van der Waals surface area contributed by atoms with Gasteiger partial charge in [0.15, 0.2) is 5.03 Å². The highest BCUT2D eigenvalue weighted by atomic mass is 32.2. The average Bonchev–Trinajstić information content (AvgIpc) is 2.65. The lowest BCUT2D eigenvalue weighted by Crippen LogP contribution is -2.44. The maximum Gasteiger partial charge on any atom is 0.260 e. The van der Waals surface area contributed by atoms with E-state index in [2.05, 4.69) is 5.10 Å². The van der Waals surface area contributed by atoms with Crippen LogP contribution < -0.4 is 5.73 Å². The molecule has 1 fully saturated rings. The molecule has 1 aliphatic heterocycles. The average molecular weight is 272 g/mol. The molecular weight excluding hydrogens is 252 g/mol. The summed E-state index contributed by atoms with van der Waals surface area (Å²) in [4.78, 5) is 0. The van der Waals surface area contributed by atoms with E-state index in [0.29, 0.717) is 13.1 Å². The van der Waals surface area contributed by atoms with Crippen molar-refractivity contribution in [2.75, 3.05) is 13.1 Å². The lowest BCUT2D eigenvalue weighted by atomic mass is 10.1. The fourth-order valence-electron chi connectivity index (χ4n) is 2.44. The van der Waals surface area contributed by atoms with Gasteiger partial charge in [0.1, 0.15) is 0 Å². The molecule has 102 valence electrons. The molecule has 0 spiro atoms. The van der Waals surface area contributed by atoms with Gasteiger partial charge in [-0.1, -0.05) is 12.8 Å². The predicted octanol–water partition coefficient (Wildman–Crippen LogP) is 0.312. The molecule has 0 aromatic carbocycles. The fraction of sp³-hybridized carbons (Fsp3) is 0.727. The van der Waals surface area contributed by atoms with Crippen LogP contribution in [0.2, 0.25) is 0 Å². The van der Waals surface area contributed by atoms with E-state index in [1.807, 2.05) is 0 Å². The first-order valence-corrected chi connectivity index (χ1v) is 7.71. The standard InChI is InChI=1S/C11H20N4O2S/c1-14-11(6-7-13-14)18(16,17)15-8-4-2-3-5-10(15)9-12/h6-7,10H,2-5,8-9,12H2,1H3. The second kappa shape index (κ2) is 5.38. The summed E-state index contributed by atoms with van der Waals surface area (Å²) in [5.41, 5.74) is 5.72. The minimum absolute atomic E-state index is 0.0904. The molecule has 1 saturated heterocycles. The van der Waals surface area contributed by atoms with Gasteiger partial charge in [0.25, 0.3) is 10.0 Å². The molecule has 0 aliphatic carbocycles. The third-order valence-electron chi connectivity index (χ3n) is 3.44. The molecule has 2 N–H and O–H groups in total. The highest BCUT2D eigenvalue weighted by molar-refractivity contribution is 7.89. The minimum Gasteiger partial charge on any atom is -0.329 e. The van der Waals surface area contributed by atoms with Gasteiger partial charge in [0, 0.05) is 26.2 Å². The van der Waals surface area contributed by atoms with Crippen LogP contribution in [-0.2, 0) is 17.1 Å². The summed E-state index contributed by atoms with van der Waals surface area (Å²) in [5.74, 6) is 0. The van der Waals surface area contributed by atoms with E-state index in [-0.39, 0.29) is 11.1 Å². The molecule has 6 nitrogen and oxygen atoms in total. The molecule has 2 rings (SSSR count). The van der Waals surface area contributed by atoms with Gasteiger partial charge in [-0.2, -0.15) is 9.40 Å². The fourth-order valence-corrected chi connectivity index (χ4v) is 4.25. The van der Waals surface area contributed by atoms with Crippen molar-refractivity contribution < 1.29 is 8.42 Å². The Morgan fingerprint density at radius 2 is 2.22 bits per heavy atom. The zero-order valence-electron chi connectivity index (χ0n) is 10.6. The molecule has 1 aromatic rings. The van der Waals surface area contributed by atoms with Crippen LogP contribution in [0.3, 0.4) is 0 Å². The lowest BCUT2D eigenvalue weighted by Gasteiger charge is -2.27. The van der Waals surface area contributed by atoms with Crippen molar-refractivity contribution in [2.24, 2.45) is 12.8 Å². The highest BCUT2D eigenvalue weighted by Crippen LogP contribution is 2.23. The van der Waals surface area contributed by atoms with Gasteiger partial charge < -0.3 is 5.73 Å². The van der Waals surface area contributed by atoms with Crippen LogP contribution in [0.15, 0.2) is 17.3 Å². The van der Waals surface area contributed by atoms with E-state index in [4.69, 9.17) is 5.73 Å². The van der Waals surface area contributed by atoms with E-state index >= 15 is 0 Å². The summed E-state index contributed by atoms with van der Waals surface area (Å²) < 4.78 is 28.2. The van der Waals surface area contributed by atoms with Crippen LogP contribution in [-0.4, -0.2) is 41.6 Å². The molecule has 0 saturated carbocycles. The third-order valence-corrected chi connectivity index (χ3v) is 5.47. The summed E-state index contributed by atoms with van der Waals surface area (Å²) in [7, 11) is -1.84. The monoisotopic (exact) mass is 272 g/mol. The number of nitrogens with zero attached hydrogens (tertiary/aromatic N) is 3. The molecule has 0 bridgehead atoms. The predicted molar refractivity (Wildman–Crippen MR) is 68.4 cm³/mol. The molecular formula is C11H20N4O2S. The largest absolute Gasteiger partial charge is 0.329 e. The van der Waals surface area contributed by atoms with Crippen LogP contribution in [0, 0.1) is 0 Å². The highest BCUT2D eigenvalue weighted by Gasteiger charge is 2.33. The van der Waals surface area contributed by atoms with Gasteiger partial charge in [-0.25, -0.2) is 8.42 Å². The van der Waals surface area contributed by atoms with Gasteiger partial charge in [-0.3, -0.25) is 4.68 Å². The summed E-state index contributed by atoms with van der Waals surface area (Å²) in [6, 6.07) is 1.45. The van der Waals surface area contributed by atoms with Gasteiger partial charge in [-0.15, -0.1) is 0 Å². The Bertz CT molecular complexity index is 497. The summed E-state index contributed by atoms with van der Waals surface area (Å²) in [6.07, 6.45) is 5.34. The molecule has 1 aromatic heterocycles. The molecule has 1 aliphatic rings. The first-order valence-electron chi connectivity index (χ1n) is 6.27. The van der Waals surface area contributed by atoms with Gasteiger partial charge in [0.05, 0.1) is 6.20 Å². The van der Waals surface area contributed by atoms with Crippen molar-refractivity contribution in [1.29, 1.82) is 0 Å². The van der Waals surface area contributed by atoms with Gasteiger partial charge in [-0.05, 0) is 18.9 Å². The first-order chi connectivity index (χ1) is 8.57. The van der Waals surface area contributed by atoms with Crippen molar-refractivity contribution in [3.8, 4) is 0 Å². The van der Waals surface area contributed by atoms with E-state index in [1.54, 1.807) is 11.4 Å². The van der Waals surface area contributed by atoms with Crippen LogP contribution in [0.25, 0.3) is 0 Å². The van der Waals surface area contributed by atoms with Crippen LogP contribution in [0.5, 0.6) is 0 Å². The Labute approximate surface area is 108 Å². The van der Waals surface area contributed by atoms with Crippen LogP contribution in [0.4, 0.5) is 0 Å². The number of hydrogen-bond acceptors (Lipinski definition) is 4. The van der Waals surface area contributed by atoms with Gasteiger partial charge >= 0.3 is 0 Å². The number of nitrogens with two attached hydrogens (primary N) is 1. The summed E-state index contributed by atoms with van der Waals surface area (Å²) in [6.45, 7) is 0.923. The smallest absolute Gasteiger partial charge is 0.260 e. The number of aryl methyl sites for hydroxylation is 1. The SMILES string of the molecule is Cn1nccc1S(=O)(=O)N1CCCCCC1CN. The third kappa shape index (κ3) is 2.43. The van der Waals surface area contributed by atoms with E-state index in [1.165, 1.54) is 16.9 Å². The van der Waals surface area contributed by atoms with Crippen LogP contribution >= 0.6 is 0 Å². The number of hydrogen-bond donors (Lipinski definition) is 1. The van der Waals surface area contributed by atoms with E-state index in [0.717, 1.165) is 25.7 Å². The van der Waals surface area contributed by atoms with Gasteiger partial charge in [0.2, 0.25) is 0 Å². The normalized spacial score (nSPS) is 22.9. The maximum atomic E-state index is 12.6. The second-order valence-corrected chi connectivity index (χ2v) is 6.49. The van der Waals surface area contributed by atoms with Crippen molar-refractivity contribution in [2.45, 2.75) is 36.8 Å². The minimum atomic E-state index is -3.48. The molecule has 0 radical (unpaired) electrons. The molecule has 1 unspecified atom stereocenters. The van der Waals surface area contributed by atoms with E-state index < -0.39 is 10.0 Å². The summed E-state index contributed by atoms with van der Waals surface area (Å²) in [5, 5.41) is 4.17. The molecule has 0 amide bonds. The Balaban J connectivity index is 2.35. The number of sulfonamides is 1. The molecule has 1 atom stereocenters. The summed E-state index contributed by atoms with van der Waals surface area (Å²) >= 11 is 0. The topological polar surface area (TPSA) is 81.2 Å². The zero-order valence-corrected chi connectivity index (χ0v) is 11.4. The van der Waals surface area contributed by atoms with E-state index in [9.17, 15) is 8.42 Å². The zero-order chi connectivity index (χ0) is 13.2. The Morgan fingerprint density at radius 3 is 2.83 bits per heavy atom. The van der Waals surface area contributed by atoms with Crippen molar-refractivity contribution >= 4 is 10.0 Å². The lowest BCUT2D eigenvalue weighted by molar-refractivity contribution is 0.325. The first kappa shape index (κ1) is 13.5. The quantitative estimate of drug-likeness (QED) is 0.858. The van der Waals surface area contributed by atoms with Crippen molar-refractivity contribution in [1.82, 2.24) is 14.1 Å². The second-order valence-electron chi connectivity index (χ2n) is 4.65. The number of rotatable bonds is 3. The molecule has 2 heterocycles. The van der Waals surface area contributed by atoms with Crippen LogP contribution in [0.1, 0.15) is 25.7 Å². The Hall–Kier alpha value is -0.920. The Kier molecular flexibility index (Phi) is 4.04. The molecule has 18 heavy (non-hydrogen) atoms. The number of aromatic nitrogens is 2. The molecule has 7 heteroatoms. The van der Waals surface area contributed by atoms with Crippen molar-refractivity contribution in [3.63, 3.8) is 0 Å².